The van der Waals surface area contributed by atoms with E-state index in [0.717, 1.165) is 10.2 Å². The van der Waals surface area contributed by atoms with Gasteiger partial charge in [0.25, 0.3) is 11.8 Å². The van der Waals surface area contributed by atoms with Gasteiger partial charge in [-0.25, -0.2) is 9.78 Å². The van der Waals surface area contributed by atoms with Crippen molar-refractivity contribution in [3.63, 3.8) is 0 Å². The molecule has 1 spiro atoms. The predicted molar refractivity (Wildman–Crippen MR) is 84.2 cm³/mol. The Hall–Kier alpha value is -2.48. The minimum Gasteiger partial charge on any atom is -0.338 e. The number of hydrogen-bond acceptors (Lipinski definition) is 5. The summed E-state index contributed by atoms with van der Waals surface area (Å²) in [5.74, 6) is -0.363. The maximum Gasteiger partial charge on any atom is 0.322 e. The average Bonchev–Trinajstić information content (AvgIpc) is 3.11. The second-order valence-electron chi connectivity index (χ2n) is 5.82. The molecule has 7 nitrogen and oxygen atoms in total. The van der Waals surface area contributed by atoms with Gasteiger partial charge in [0.2, 0.25) is 0 Å². The first-order valence-electron chi connectivity index (χ1n) is 7.34. The zero-order chi connectivity index (χ0) is 16.0. The summed E-state index contributed by atoms with van der Waals surface area (Å²) in [6.45, 7) is 0.864. The summed E-state index contributed by atoms with van der Waals surface area (Å²) >= 11 is 1.54. The van der Waals surface area contributed by atoms with Gasteiger partial charge < -0.3 is 10.2 Å². The summed E-state index contributed by atoms with van der Waals surface area (Å²) in [6, 6.07) is 5.04. The van der Waals surface area contributed by atoms with Crippen molar-refractivity contribution in [1.82, 2.24) is 20.5 Å². The summed E-state index contributed by atoms with van der Waals surface area (Å²) in [5.41, 5.74) is 2.31. The fourth-order valence-electron chi connectivity index (χ4n) is 3.15. The van der Waals surface area contributed by atoms with Crippen LogP contribution in [0.2, 0.25) is 0 Å². The number of imide groups is 1. The number of nitrogens with one attached hydrogen (secondary N) is 2. The average molecular weight is 330 g/mol. The number of aromatic nitrogens is 1. The van der Waals surface area contributed by atoms with Gasteiger partial charge in [-0.05, 0) is 31.0 Å². The number of fused-ring (bicyclic) bond motifs is 1. The second kappa shape index (κ2) is 5.02. The number of carbonyl (C=O) groups excluding carboxylic acids is 3. The standard InChI is InChI=1S/C15H14N4O3S/c20-12(9-1-2-11-10(7-9)16-8-23-11)19-5-3-15(4-6-19)13(21)17-14(22)18-15/h1-2,7-8H,3-6H2,(H2,17,18,21,22). The molecule has 0 saturated carbocycles. The quantitative estimate of drug-likeness (QED) is 0.766. The minimum absolute atomic E-state index is 0.0699. The number of rotatable bonds is 1. The van der Waals surface area contributed by atoms with Crippen LogP contribution in [0.4, 0.5) is 4.79 Å². The van der Waals surface area contributed by atoms with Gasteiger partial charge >= 0.3 is 6.03 Å². The number of piperidine rings is 1. The lowest BCUT2D eigenvalue weighted by Gasteiger charge is -2.37. The van der Waals surface area contributed by atoms with Gasteiger partial charge in [-0.2, -0.15) is 0 Å². The third-order valence-electron chi connectivity index (χ3n) is 4.50. The Morgan fingerprint density at radius 3 is 2.74 bits per heavy atom. The molecule has 4 rings (SSSR count). The molecule has 2 fully saturated rings. The number of thiazole rings is 1. The van der Waals surface area contributed by atoms with Crippen LogP contribution in [0.3, 0.4) is 0 Å². The molecule has 0 atom stereocenters. The van der Waals surface area contributed by atoms with Crippen molar-refractivity contribution in [3.8, 4) is 0 Å². The number of nitrogens with zero attached hydrogens (tertiary/aromatic N) is 2. The van der Waals surface area contributed by atoms with Crippen LogP contribution in [0.25, 0.3) is 10.2 Å². The molecule has 1 aromatic carbocycles. The summed E-state index contributed by atoms with van der Waals surface area (Å²) in [6.07, 6.45) is 0.852. The fraction of sp³-hybridized carbons (Fsp3) is 0.333. The van der Waals surface area contributed by atoms with Crippen LogP contribution < -0.4 is 10.6 Å². The van der Waals surface area contributed by atoms with Crippen LogP contribution in [0.5, 0.6) is 0 Å². The van der Waals surface area contributed by atoms with E-state index < -0.39 is 11.6 Å². The van der Waals surface area contributed by atoms with Crippen molar-refractivity contribution in [2.75, 3.05) is 13.1 Å². The highest BCUT2D eigenvalue weighted by molar-refractivity contribution is 7.16. The normalized spacial score (nSPS) is 19.9. The van der Waals surface area contributed by atoms with Crippen molar-refractivity contribution in [1.29, 1.82) is 0 Å². The fourth-order valence-corrected chi connectivity index (χ4v) is 3.80. The van der Waals surface area contributed by atoms with E-state index in [9.17, 15) is 14.4 Å². The molecule has 2 saturated heterocycles. The van der Waals surface area contributed by atoms with Crippen molar-refractivity contribution in [2.45, 2.75) is 18.4 Å². The highest BCUT2D eigenvalue weighted by Crippen LogP contribution is 2.27. The molecule has 2 aliphatic heterocycles. The van der Waals surface area contributed by atoms with Crippen molar-refractivity contribution >= 4 is 39.4 Å². The van der Waals surface area contributed by atoms with Gasteiger partial charge in [0.1, 0.15) is 5.54 Å². The molecule has 23 heavy (non-hydrogen) atoms. The Balaban J connectivity index is 1.50. The maximum atomic E-state index is 12.6. The number of carbonyl (C=O) groups is 3. The van der Waals surface area contributed by atoms with Crippen LogP contribution in [-0.4, -0.2) is 46.4 Å². The van der Waals surface area contributed by atoms with E-state index >= 15 is 0 Å². The van der Waals surface area contributed by atoms with E-state index in [0.29, 0.717) is 31.5 Å². The van der Waals surface area contributed by atoms with Gasteiger partial charge in [-0.15, -0.1) is 11.3 Å². The van der Waals surface area contributed by atoms with Gasteiger partial charge in [-0.3, -0.25) is 14.9 Å². The van der Waals surface area contributed by atoms with E-state index in [1.54, 1.807) is 22.5 Å². The van der Waals surface area contributed by atoms with Gasteiger partial charge in [0.15, 0.2) is 0 Å². The van der Waals surface area contributed by atoms with Crippen LogP contribution in [0.1, 0.15) is 23.2 Å². The SMILES string of the molecule is O=C1NC(=O)C2(CCN(C(=O)c3ccc4scnc4c3)CC2)N1. The monoisotopic (exact) mass is 330 g/mol. The Kier molecular flexibility index (Phi) is 3.08. The van der Waals surface area contributed by atoms with Gasteiger partial charge in [0, 0.05) is 18.7 Å². The molecule has 4 amide bonds. The van der Waals surface area contributed by atoms with E-state index in [1.165, 1.54) is 11.3 Å². The van der Waals surface area contributed by atoms with Crippen LogP contribution >= 0.6 is 11.3 Å². The summed E-state index contributed by atoms with van der Waals surface area (Å²) in [5, 5.41) is 4.96. The zero-order valence-electron chi connectivity index (χ0n) is 12.2. The molecule has 118 valence electrons. The topological polar surface area (TPSA) is 91.4 Å². The lowest BCUT2D eigenvalue weighted by molar-refractivity contribution is -0.125. The molecular formula is C15H14N4O3S. The molecule has 0 bridgehead atoms. The number of likely N-dealkylation sites (tertiary alicyclic amines) is 1. The molecule has 2 N–H and O–H groups in total. The Bertz CT molecular complexity index is 823. The third-order valence-corrected chi connectivity index (χ3v) is 5.31. The second-order valence-corrected chi connectivity index (χ2v) is 6.70. The number of hydrogen-bond donors (Lipinski definition) is 2. The minimum atomic E-state index is -0.854. The summed E-state index contributed by atoms with van der Waals surface area (Å²) in [7, 11) is 0. The number of amides is 4. The molecule has 3 heterocycles. The van der Waals surface area contributed by atoms with Gasteiger partial charge in [0.05, 0.1) is 15.7 Å². The molecular weight excluding hydrogens is 316 g/mol. The lowest BCUT2D eigenvalue weighted by Crippen LogP contribution is -2.55. The Morgan fingerprint density at radius 1 is 1.26 bits per heavy atom. The highest BCUT2D eigenvalue weighted by Gasteiger charge is 2.48. The smallest absolute Gasteiger partial charge is 0.322 e. The zero-order valence-corrected chi connectivity index (χ0v) is 13.0. The molecule has 2 aromatic rings. The molecule has 2 aliphatic rings. The summed E-state index contributed by atoms with van der Waals surface area (Å²) in [4.78, 5) is 41.8. The van der Waals surface area contributed by atoms with E-state index in [2.05, 4.69) is 15.6 Å². The maximum absolute atomic E-state index is 12.6. The van der Waals surface area contributed by atoms with Gasteiger partial charge in [-0.1, -0.05) is 0 Å². The molecule has 1 aromatic heterocycles. The first kappa shape index (κ1) is 14.1. The van der Waals surface area contributed by atoms with Crippen LogP contribution in [-0.2, 0) is 4.79 Å². The van der Waals surface area contributed by atoms with Crippen LogP contribution in [0.15, 0.2) is 23.7 Å². The van der Waals surface area contributed by atoms with E-state index in [1.807, 2.05) is 6.07 Å². The van der Waals surface area contributed by atoms with Crippen molar-refractivity contribution in [3.05, 3.63) is 29.3 Å². The lowest BCUT2D eigenvalue weighted by atomic mass is 9.87. The predicted octanol–water partition coefficient (Wildman–Crippen LogP) is 1.11. The van der Waals surface area contributed by atoms with Crippen molar-refractivity contribution in [2.24, 2.45) is 0 Å². The number of urea groups is 1. The molecule has 8 heteroatoms. The number of benzene rings is 1. The Morgan fingerprint density at radius 2 is 2.04 bits per heavy atom. The largest absolute Gasteiger partial charge is 0.338 e. The third kappa shape index (κ3) is 2.26. The van der Waals surface area contributed by atoms with E-state index in [-0.39, 0.29) is 11.8 Å². The van der Waals surface area contributed by atoms with Crippen molar-refractivity contribution < 1.29 is 14.4 Å². The summed E-state index contributed by atoms with van der Waals surface area (Å²) < 4.78 is 1.05. The van der Waals surface area contributed by atoms with E-state index in [4.69, 9.17) is 0 Å². The highest BCUT2D eigenvalue weighted by atomic mass is 32.1. The first-order chi connectivity index (χ1) is 11.1. The molecule has 0 unspecified atom stereocenters. The first-order valence-corrected chi connectivity index (χ1v) is 8.21. The molecule has 0 radical (unpaired) electrons. The molecule has 0 aliphatic carbocycles. The Labute approximate surface area is 135 Å². The van der Waals surface area contributed by atoms with Crippen LogP contribution in [0, 0.1) is 0 Å².